The molecule has 0 atom stereocenters. The van der Waals surface area contributed by atoms with Crippen LogP contribution in [0.3, 0.4) is 0 Å². The van der Waals surface area contributed by atoms with Crippen LogP contribution in [-0.2, 0) is 0 Å². The fraction of sp³-hybridized carbons (Fsp3) is 0.0556. The van der Waals surface area contributed by atoms with Gasteiger partial charge in [-0.25, -0.2) is 0 Å². The maximum Gasteiger partial charge on any atom is 0.193 e. The van der Waals surface area contributed by atoms with E-state index in [9.17, 15) is 4.79 Å². The van der Waals surface area contributed by atoms with Gasteiger partial charge in [-0.05, 0) is 35.4 Å². The molecule has 20 heavy (non-hydrogen) atoms. The number of hydrogen-bond donors (Lipinski definition) is 0. The van der Waals surface area contributed by atoms with E-state index in [-0.39, 0.29) is 5.78 Å². The molecule has 0 N–H and O–H groups in total. The van der Waals surface area contributed by atoms with Gasteiger partial charge in [-0.3, -0.25) is 4.79 Å². The van der Waals surface area contributed by atoms with Crippen molar-refractivity contribution in [2.24, 2.45) is 0 Å². The molecular weight excluding hydrogens is 312 g/mol. The molecule has 0 saturated heterocycles. The molecule has 98 valence electrons. The Balaban J connectivity index is 2.20. The van der Waals surface area contributed by atoms with E-state index >= 15 is 0 Å². The van der Waals surface area contributed by atoms with Crippen LogP contribution in [0.5, 0.6) is 0 Å². The molecule has 0 unspecified atom stereocenters. The summed E-state index contributed by atoms with van der Waals surface area (Å²) >= 11 is 3.43. The standard InChI is InChI=1S/C18H13BrO/c1-12-9-10-14(19)11-17(12)18(20)16-8-4-6-13-5-2-3-7-15(13)16/h2-11H,1H3. The fourth-order valence-electron chi connectivity index (χ4n) is 2.41. The van der Waals surface area contributed by atoms with Crippen LogP contribution >= 0.6 is 15.9 Å². The molecular formula is C18H13BrO. The molecule has 0 aliphatic rings. The predicted molar refractivity (Wildman–Crippen MR) is 86.3 cm³/mol. The normalized spacial score (nSPS) is 10.7. The molecule has 0 amide bonds. The highest BCUT2D eigenvalue weighted by Crippen LogP contribution is 2.24. The third-order valence-corrected chi connectivity index (χ3v) is 3.97. The van der Waals surface area contributed by atoms with Crippen LogP contribution in [0.4, 0.5) is 0 Å². The lowest BCUT2D eigenvalue weighted by molar-refractivity contribution is 0.103. The van der Waals surface area contributed by atoms with Crippen molar-refractivity contribution in [2.45, 2.75) is 6.92 Å². The van der Waals surface area contributed by atoms with E-state index in [1.165, 1.54) is 0 Å². The lowest BCUT2D eigenvalue weighted by Crippen LogP contribution is -2.04. The largest absolute Gasteiger partial charge is 0.289 e. The molecule has 0 radical (unpaired) electrons. The number of ketones is 1. The van der Waals surface area contributed by atoms with Crippen LogP contribution in [0.15, 0.2) is 65.1 Å². The third-order valence-electron chi connectivity index (χ3n) is 3.48. The molecule has 2 heteroatoms. The third kappa shape index (κ3) is 2.27. The maximum absolute atomic E-state index is 12.8. The number of carbonyl (C=O) groups excluding carboxylic acids is 1. The van der Waals surface area contributed by atoms with Gasteiger partial charge in [-0.2, -0.15) is 0 Å². The molecule has 0 aromatic heterocycles. The molecule has 0 bridgehead atoms. The summed E-state index contributed by atoms with van der Waals surface area (Å²) in [6, 6.07) is 19.6. The SMILES string of the molecule is Cc1ccc(Br)cc1C(=O)c1cccc2ccccc12. The monoisotopic (exact) mass is 324 g/mol. The Morgan fingerprint density at radius 3 is 2.50 bits per heavy atom. The zero-order valence-electron chi connectivity index (χ0n) is 11.1. The van der Waals surface area contributed by atoms with Crippen LogP contribution in [0.2, 0.25) is 0 Å². The first kappa shape index (κ1) is 13.1. The van der Waals surface area contributed by atoms with Gasteiger partial charge in [0.25, 0.3) is 0 Å². The van der Waals surface area contributed by atoms with E-state index in [1.54, 1.807) is 0 Å². The number of halogens is 1. The predicted octanol–water partition coefficient (Wildman–Crippen LogP) is 5.14. The second kappa shape index (κ2) is 5.22. The van der Waals surface area contributed by atoms with Gasteiger partial charge in [-0.15, -0.1) is 0 Å². The summed E-state index contributed by atoms with van der Waals surface area (Å²) in [5, 5.41) is 2.09. The highest BCUT2D eigenvalue weighted by atomic mass is 79.9. The quantitative estimate of drug-likeness (QED) is 0.596. The number of carbonyl (C=O) groups is 1. The Hall–Kier alpha value is -1.93. The van der Waals surface area contributed by atoms with Gasteiger partial charge >= 0.3 is 0 Å². The molecule has 3 rings (SSSR count). The molecule has 0 saturated carbocycles. The van der Waals surface area contributed by atoms with Crippen LogP contribution in [0, 0.1) is 6.92 Å². The highest BCUT2D eigenvalue weighted by Gasteiger charge is 2.14. The Morgan fingerprint density at radius 2 is 1.65 bits per heavy atom. The number of rotatable bonds is 2. The molecule has 0 heterocycles. The molecule has 3 aromatic carbocycles. The van der Waals surface area contributed by atoms with E-state index in [4.69, 9.17) is 0 Å². The lowest BCUT2D eigenvalue weighted by Gasteiger charge is -2.08. The van der Waals surface area contributed by atoms with Gasteiger partial charge in [0.1, 0.15) is 0 Å². The van der Waals surface area contributed by atoms with Crippen LogP contribution < -0.4 is 0 Å². The summed E-state index contributed by atoms with van der Waals surface area (Å²) in [5.41, 5.74) is 2.49. The topological polar surface area (TPSA) is 17.1 Å². The molecule has 0 aliphatic carbocycles. The summed E-state index contributed by atoms with van der Waals surface area (Å²) in [6.45, 7) is 1.96. The van der Waals surface area contributed by atoms with Gasteiger partial charge in [0.2, 0.25) is 0 Å². The minimum Gasteiger partial charge on any atom is -0.289 e. The van der Waals surface area contributed by atoms with Crippen molar-refractivity contribution in [1.82, 2.24) is 0 Å². The molecule has 3 aromatic rings. The van der Waals surface area contributed by atoms with Crippen molar-refractivity contribution in [3.8, 4) is 0 Å². The summed E-state index contributed by atoms with van der Waals surface area (Å²) in [7, 11) is 0. The van der Waals surface area contributed by atoms with Crippen molar-refractivity contribution in [1.29, 1.82) is 0 Å². The summed E-state index contributed by atoms with van der Waals surface area (Å²) in [6.07, 6.45) is 0. The van der Waals surface area contributed by atoms with E-state index in [1.807, 2.05) is 67.6 Å². The molecule has 0 fully saturated rings. The van der Waals surface area contributed by atoms with Crippen LogP contribution in [-0.4, -0.2) is 5.78 Å². The Morgan fingerprint density at radius 1 is 0.900 bits per heavy atom. The van der Waals surface area contributed by atoms with E-state index in [0.29, 0.717) is 0 Å². The van der Waals surface area contributed by atoms with Gasteiger partial charge in [0.05, 0.1) is 0 Å². The minimum atomic E-state index is 0.0700. The Bertz CT molecular complexity index is 800. The van der Waals surface area contributed by atoms with Crippen molar-refractivity contribution in [2.75, 3.05) is 0 Å². The maximum atomic E-state index is 12.8. The molecule has 0 spiro atoms. The van der Waals surface area contributed by atoms with Crippen molar-refractivity contribution in [3.63, 3.8) is 0 Å². The van der Waals surface area contributed by atoms with E-state index in [0.717, 1.165) is 31.9 Å². The van der Waals surface area contributed by atoms with Crippen molar-refractivity contribution >= 4 is 32.5 Å². The highest BCUT2D eigenvalue weighted by molar-refractivity contribution is 9.10. The molecule has 0 aliphatic heterocycles. The number of benzene rings is 3. The van der Waals surface area contributed by atoms with Crippen molar-refractivity contribution in [3.05, 3.63) is 81.8 Å². The lowest BCUT2D eigenvalue weighted by atomic mass is 9.95. The number of fused-ring (bicyclic) bond motifs is 1. The van der Waals surface area contributed by atoms with Gasteiger partial charge in [0, 0.05) is 15.6 Å². The average molecular weight is 325 g/mol. The van der Waals surface area contributed by atoms with Gasteiger partial charge in [0.15, 0.2) is 5.78 Å². The second-order valence-electron chi connectivity index (χ2n) is 4.82. The zero-order valence-corrected chi connectivity index (χ0v) is 12.6. The van der Waals surface area contributed by atoms with Crippen molar-refractivity contribution < 1.29 is 4.79 Å². The first-order valence-corrected chi connectivity index (χ1v) is 7.25. The van der Waals surface area contributed by atoms with E-state index in [2.05, 4.69) is 15.9 Å². The fourth-order valence-corrected chi connectivity index (χ4v) is 2.77. The summed E-state index contributed by atoms with van der Waals surface area (Å²) < 4.78 is 0.923. The Kier molecular flexibility index (Phi) is 3.41. The smallest absolute Gasteiger partial charge is 0.193 e. The number of aryl methyl sites for hydroxylation is 1. The van der Waals surface area contributed by atoms with Gasteiger partial charge < -0.3 is 0 Å². The van der Waals surface area contributed by atoms with E-state index < -0.39 is 0 Å². The second-order valence-corrected chi connectivity index (χ2v) is 5.73. The molecule has 1 nitrogen and oxygen atoms in total. The van der Waals surface area contributed by atoms with Crippen LogP contribution in [0.25, 0.3) is 10.8 Å². The Labute approximate surface area is 126 Å². The first-order valence-electron chi connectivity index (χ1n) is 6.45. The zero-order chi connectivity index (χ0) is 14.1. The number of hydrogen-bond acceptors (Lipinski definition) is 1. The first-order chi connectivity index (χ1) is 9.66. The van der Waals surface area contributed by atoms with Gasteiger partial charge in [-0.1, -0.05) is 64.5 Å². The van der Waals surface area contributed by atoms with Crippen LogP contribution in [0.1, 0.15) is 21.5 Å². The minimum absolute atomic E-state index is 0.0700. The summed E-state index contributed by atoms with van der Waals surface area (Å²) in [4.78, 5) is 12.8. The average Bonchev–Trinajstić information content (AvgIpc) is 2.48. The summed E-state index contributed by atoms with van der Waals surface area (Å²) in [5.74, 6) is 0.0700.